The molecule has 100 valence electrons. The minimum Gasteiger partial charge on any atom is -0.497 e. The maximum atomic E-state index is 5.92. The number of nitrogens with two attached hydrogens (primary N) is 1. The fraction of sp³-hybridized carbons (Fsp3) is 0.200. The van der Waals surface area contributed by atoms with Gasteiger partial charge in [0.1, 0.15) is 5.75 Å². The van der Waals surface area contributed by atoms with Crippen molar-refractivity contribution in [3.63, 3.8) is 0 Å². The van der Waals surface area contributed by atoms with E-state index in [9.17, 15) is 0 Å². The Balaban J connectivity index is 1.94. The smallest absolute Gasteiger partial charge is 0.119 e. The molecule has 0 heterocycles. The molecule has 0 saturated carbocycles. The van der Waals surface area contributed by atoms with Crippen LogP contribution < -0.4 is 10.5 Å². The van der Waals surface area contributed by atoms with E-state index < -0.39 is 0 Å². The number of ether oxygens (including phenoxy) is 2. The number of methoxy groups -OCH3 is 1. The van der Waals surface area contributed by atoms with Crippen LogP contribution in [-0.2, 0) is 18.0 Å². The van der Waals surface area contributed by atoms with E-state index >= 15 is 0 Å². The minimum atomic E-state index is 0.434. The van der Waals surface area contributed by atoms with Crippen molar-refractivity contribution in [1.29, 1.82) is 0 Å². The van der Waals surface area contributed by atoms with Crippen LogP contribution in [0.2, 0.25) is 5.02 Å². The van der Waals surface area contributed by atoms with Crippen LogP contribution in [-0.4, -0.2) is 7.11 Å². The molecule has 0 radical (unpaired) electrons. The van der Waals surface area contributed by atoms with Crippen molar-refractivity contribution in [3.8, 4) is 5.75 Å². The number of nitrogen functional groups attached to an aromatic ring is 1. The highest BCUT2D eigenvalue weighted by atomic mass is 35.5. The highest BCUT2D eigenvalue weighted by molar-refractivity contribution is 6.30. The number of hydrogen-bond donors (Lipinski definition) is 1. The molecule has 2 aromatic rings. The monoisotopic (exact) mass is 277 g/mol. The van der Waals surface area contributed by atoms with Crippen LogP contribution in [0.3, 0.4) is 0 Å². The fourth-order valence-electron chi connectivity index (χ4n) is 1.74. The summed E-state index contributed by atoms with van der Waals surface area (Å²) in [4.78, 5) is 0. The number of benzene rings is 2. The van der Waals surface area contributed by atoms with Crippen molar-refractivity contribution in [2.45, 2.75) is 13.2 Å². The van der Waals surface area contributed by atoms with E-state index in [1.54, 1.807) is 19.2 Å². The molecule has 2 rings (SSSR count). The fourth-order valence-corrected chi connectivity index (χ4v) is 1.94. The van der Waals surface area contributed by atoms with Gasteiger partial charge in [-0.15, -0.1) is 0 Å². The maximum absolute atomic E-state index is 5.92. The first-order chi connectivity index (χ1) is 9.19. The Bertz CT molecular complexity index is 558. The van der Waals surface area contributed by atoms with Gasteiger partial charge in [-0.05, 0) is 35.9 Å². The van der Waals surface area contributed by atoms with Gasteiger partial charge in [0.15, 0.2) is 0 Å². The van der Waals surface area contributed by atoms with E-state index in [1.165, 1.54) is 0 Å². The predicted molar refractivity (Wildman–Crippen MR) is 77.4 cm³/mol. The molecule has 0 bridgehead atoms. The quantitative estimate of drug-likeness (QED) is 0.849. The van der Waals surface area contributed by atoms with Gasteiger partial charge in [0.25, 0.3) is 0 Å². The van der Waals surface area contributed by atoms with Gasteiger partial charge in [-0.25, -0.2) is 0 Å². The molecule has 3 nitrogen and oxygen atoms in total. The Kier molecular flexibility index (Phi) is 4.66. The third-order valence-electron chi connectivity index (χ3n) is 2.77. The zero-order chi connectivity index (χ0) is 13.7. The number of anilines is 1. The minimum absolute atomic E-state index is 0.434. The first kappa shape index (κ1) is 13.7. The van der Waals surface area contributed by atoms with E-state index in [0.717, 1.165) is 16.9 Å². The molecule has 0 spiro atoms. The van der Waals surface area contributed by atoms with Crippen LogP contribution in [0.4, 0.5) is 5.69 Å². The molecule has 0 aliphatic rings. The van der Waals surface area contributed by atoms with E-state index in [2.05, 4.69) is 0 Å². The summed E-state index contributed by atoms with van der Waals surface area (Å²) < 4.78 is 10.8. The van der Waals surface area contributed by atoms with Crippen LogP contribution in [0.25, 0.3) is 0 Å². The van der Waals surface area contributed by atoms with Crippen LogP contribution in [0.1, 0.15) is 11.1 Å². The van der Waals surface area contributed by atoms with Gasteiger partial charge in [0, 0.05) is 16.3 Å². The molecular weight excluding hydrogens is 262 g/mol. The Hall–Kier alpha value is -1.71. The maximum Gasteiger partial charge on any atom is 0.119 e. The second-order valence-electron chi connectivity index (χ2n) is 4.19. The molecule has 0 fully saturated rings. The van der Waals surface area contributed by atoms with Crippen LogP contribution in [0.5, 0.6) is 5.75 Å². The van der Waals surface area contributed by atoms with Crippen molar-refractivity contribution < 1.29 is 9.47 Å². The van der Waals surface area contributed by atoms with E-state index in [-0.39, 0.29) is 0 Å². The first-order valence-corrected chi connectivity index (χ1v) is 6.31. The topological polar surface area (TPSA) is 44.5 Å². The van der Waals surface area contributed by atoms with Gasteiger partial charge >= 0.3 is 0 Å². The second kappa shape index (κ2) is 6.45. The number of halogens is 1. The second-order valence-corrected chi connectivity index (χ2v) is 4.62. The summed E-state index contributed by atoms with van der Waals surface area (Å²) in [7, 11) is 1.65. The standard InChI is InChI=1S/C15H16ClNO2/c1-18-14-4-2-3-11(7-14)9-19-10-12-8-13(16)5-6-15(12)17/h2-8H,9-10,17H2,1H3. The van der Waals surface area contributed by atoms with Gasteiger partial charge in [-0.1, -0.05) is 23.7 Å². The molecular formula is C15H16ClNO2. The summed E-state index contributed by atoms with van der Waals surface area (Å²) in [5, 5.41) is 0.661. The summed E-state index contributed by atoms with van der Waals surface area (Å²) in [6.45, 7) is 0.937. The predicted octanol–water partition coefficient (Wildman–Crippen LogP) is 3.65. The first-order valence-electron chi connectivity index (χ1n) is 5.93. The Morgan fingerprint density at radius 1 is 1.11 bits per heavy atom. The van der Waals surface area contributed by atoms with E-state index in [4.69, 9.17) is 26.8 Å². The SMILES string of the molecule is COc1cccc(COCc2cc(Cl)ccc2N)c1. The Morgan fingerprint density at radius 3 is 2.74 bits per heavy atom. The van der Waals surface area contributed by atoms with Crippen molar-refractivity contribution >= 4 is 17.3 Å². The summed E-state index contributed by atoms with van der Waals surface area (Å²) in [5.41, 5.74) is 8.50. The summed E-state index contributed by atoms with van der Waals surface area (Å²) >= 11 is 5.92. The van der Waals surface area contributed by atoms with Gasteiger partial charge in [-0.2, -0.15) is 0 Å². The average Bonchev–Trinajstić information content (AvgIpc) is 2.43. The third-order valence-corrected chi connectivity index (χ3v) is 3.00. The number of hydrogen-bond acceptors (Lipinski definition) is 3. The van der Waals surface area contributed by atoms with Crippen molar-refractivity contribution in [3.05, 3.63) is 58.6 Å². The molecule has 2 N–H and O–H groups in total. The van der Waals surface area contributed by atoms with Crippen LogP contribution in [0.15, 0.2) is 42.5 Å². The van der Waals surface area contributed by atoms with Gasteiger partial charge in [0.05, 0.1) is 20.3 Å². The van der Waals surface area contributed by atoms with Gasteiger partial charge in [-0.3, -0.25) is 0 Å². The molecule has 0 atom stereocenters. The van der Waals surface area contributed by atoms with E-state index in [1.807, 2.05) is 30.3 Å². The van der Waals surface area contributed by atoms with Crippen molar-refractivity contribution in [2.75, 3.05) is 12.8 Å². The third kappa shape index (κ3) is 3.88. The molecule has 0 amide bonds. The summed E-state index contributed by atoms with van der Waals surface area (Å²) in [6, 6.07) is 13.1. The molecule has 4 heteroatoms. The Labute approximate surface area is 117 Å². The molecule has 0 unspecified atom stereocenters. The largest absolute Gasteiger partial charge is 0.497 e. The van der Waals surface area contributed by atoms with E-state index in [0.29, 0.717) is 23.9 Å². The summed E-state index contributed by atoms with van der Waals surface area (Å²) in [5.74, 6) is 0.823. The van der Waals surface area contributed by atoms with Crippen LogP contribution in [0, 0.1) is 0 Å². The molecule has 0 saturated heterocycles. The zero-order valence-corrected chi connectivity index (χ0v) is 11.5. The Morgan fingerprint density at radius 2 is 1.95 bits per heavy atom. The lowest BCUT2D eigenvalue weighted by molar-refractivity contribution is 0.107. The molecule has 2 aromatic carbocycles. The highest BCUT2D eigenvalue weighted by Gasteiger charge is 2.02. The molecule has 0 aliphatic heterocycles. The lowest BCUT2D eigenvalue weighted by Crippen LogP contribution is -1.99. The summed E-state index contributed by atoms with van der Waals surface area (Å²) in [6.07, 6.45) is 0. The zero-order valence-electron chi connectivity index (χ0n) is 10.7. The average molecular weight is 278 g/mol. The normalized spacial score (nSPS) is 10.4. The van der Waals surface area contributed by atoms with Gasteiger partial charge < -0.3 is 15.2 Å². The lowest BCUT2D eigenvalue weighted by Gasteiger charge is -2.08. The molecule has 19 heavy (non-hydrogen) atoms. The van der Waals surface area contributed by atoms with Crippen LogP contribution >= 0.6 is 11.6 Å². The lowest BCUT2D eigenvalue weighted by atomic mass is 10.2. The molecule has 0 aliphatic carbocycles. The van der Waals surface area contributed by atoms with Crippen molar-refractivity contribution in [2.24, 2.45) is 0 Å². The highest BCUT2D eigenvalue weighted by Crippen LogP contribution is 2.19. The molecule has 0 aromatic heterocycles. The van der Waals surface area contributed by atoms with Gasteiger partial charge in [0.2, 0.25) is 0 Å². The van der Waals surface area contributed by atoms with Crippen molar-refractivity contribution in [1.82, 2.24) is 0 Å². The number of rotatable bonds is 5.